The van der Waals surface area contributed by atoms with Crippen LogP contribution in [0.25, 0.3) is 22.4 Å². The number of pyridine rings is 1. The van der Waals surface area contributed by atoms with E-state index in [0.717, 1.165) is 40.4 Å². The molecule has 0 fully saturated rings. The fraction of sp³-hybridized carbons (Fsp3) is 0.200. The van der Waals surface area contributed by atoms with Crippen LogP contribution in [0.2, 0.25) is 0 Å². The highest BCUT2D eigenvalue weighted by Crippen LogP contribution is 2.33. The Morgan fingerprint density at radius 2 is 1.46 bits per heavy atom. The maximum atomic E-state index is 9.73. The summed E-state index contributed by atoms with van der Waals surface area (Å²) in [7, 11) is 0. The maximum Gasteiger partial charge on any atom is 0.142 e. The van der Waals surface area contributed by atoms with Gasteiger partial charge in [0.15, 0.2) is 0 Å². The van der Waals surface area contributed by atoms with Crippen molar-refractivity contribution in [2.45, 2.75) is 32.6 Å². The fourth-order valence-electron chi connectivity index (χ4n) is 3.83. The number of benzene rings is 3. The summed E-state index contributed by atoms with van der Waals surface area (Å²) in [5, 5.41) is 9.73. The van der Waals surface area contributed by atoms with Gasteiger partial charge in [-0.1, -0.05) is 56.5 Å². The molecule has 5 nitrogen and oxygen atoms in total. The van der Waals surface area contributed by atoms with E-state index < -0.39 is 0 Å². The molecule has 0 unspecified atom stereocenters. The summed E-state index contributed by atoms with van der Waals surface area (Å²) in [6.07, 6.45) is 4.67. The normalized spacial score (nSPS) is 10.5. The number of nitrogens with two attached hydrogens (primary N) is 1. The van der Waals surface area contributed by atoms with Crippen molar-refractivity contribution in [1.82, 2.24) is 4.98 Å². The SMILES string of the molecule is CCCCCCOc1ccc(-c2cc(-c3ccc(Oc4ccccc4)cc3)nc(N)c2C#N)cc1. The number of unbranched alkanes of at least 4 members (excludes halogenated alkanes) is 3. The van der Waals surface area contributed by atoms with Gasteiger partial charge in [-0.3, -0.25) is 0 Å². The van der Waals surface area contributed by atoms with Crippen molar-refractivity contribution < 1.29 is 9.47 Å². The van der Waals surface area contributed by atoms with E-state index >= 15 is 0 Å². The first-order chi connectivity index (χ1) is 17.2. The van der Waals surface area contributed by atoms with Gasteiger partial charge in [0.2, 0.25) is 0 Å². The Balaban J connectivity index is 1.54. The van der Waals surface area contributed by atoms with Crippen LogP contribution < -0.4 is 15.2 Å². The van der Waals surface area contributed by atoms with E-state index in [2.05, 4.69) is 18.0 Å². The van der Waals surface area contributed by atoms with Gasteiger partial charge in [0, 0.05) is 11.1 Å². The quantitative estimate of drug-likeness (QED) is 0.245. The van der Waals surface area contributed by atoms with Crippen molar-refractivity contribution in [2.75, 3.05) is 12.3 Å². The molecule has 0 aliphatic carbocycles. The average molecular weight is 464 g/mol. The minimum absolute atomic E-state index is 0.209. The van der Waals surface area contributed by atoms with E-state index in [1.165, 1.54) is 19.3 Å². The van der Waals surface area contributed by atoms with E-state index in [-0.39, 0.29) is 5.82 Å². The molecule has 176 valence electrons. The number of para-hydroxylation sites is 1. The van der Waals surface area contributed by atoms with Crippen molar-refractivity contribution in [3.05, 3.63) is 90.5 Å². The van der Waals surface area contributed by atoms with Crippen LogP contribution >= 0.6 is 0 Å². The summed E-state index contributed by atoms with van der Waals surface area (Å²) in [6.45, 7) is 2.90. The summed E-state index contributed by atoms with van der Waals surface area (Å²) >= 11 is 0. The number of hydrogen-bond acceptors (Lipinski definition) is 5. The van der Waals surface area contributed by atoms with E-state index in [1.54, 1.807) is 0 Å². The number of nitriles is 1. The van der Waals surface area contributed by atoms with E-state index in [1.807, 2.05) is 84.9 Å². The van der Waals surface area contributed by atoms with Crippen LogP contribution in [0.3, 0.4) is 0 Å². The fourth-order valence-corrected chi connectivity index (χ4v) is 3.83. The van der Waals surface area contributed by atoms with Crippen molar-refractivity contribution in [1.29, 1.82) is 5.26 Å². The summed E-state index contributed by atoms with van der Waals surface area (Å²) in [5.74, 6) is 2.53. The number of hydrogen-bond donors (Lipinski definition) is 1. The second-order valence-corrected chi connectivity index (χ2v) is 8.30. The molecule has 1 heterocycles. The molecule has 1 aromatic heterocycles. The number of anilines is 1. The first kappa shape index (κ1) is 23.8. The predicted octanol–water partition coefficient (Wildman–Crippen LogP) is 7.62. The van der Waals surface area contributed by atoms with Crippen LogP contribution in [-0.4, -0.2) is 11.6 Å². The molecule has 35 heavy (non-hydrogen) atoms. The number of aromatic nitrogens is 1. The Hall–Kier alpha value is -4.30. The number of nitrogen functional groups attached to an aromatic ring is 1. The van der Waals surface area contributed by atoms with Crippen LogP contribution in [0.15, 0.2) is 84.9 Å². The second-order valence-electron chi connectivity index (χ2n) is 8.30. The Morgan fingerprint density at radius 1 is 0.800 bits per heavy atom. The summed E-state index contributed by atoms with van der Waals surface area (Å²) in [4.78, 5) is 4.49. The lowest BCUT2D eigenvalue weighted by molar-refractivity contribution is 0.305. The molecule has 0 saturated carbocycles. The van der Waals surface area contributed by atoms with Gasteiger partial charge in [-0.05, 0) is 66.6 Å². The van der Waals surface area contributed by atoms with E-state index in [0.29, 0.717) is 17.9 Å². The van der Waals surface area contributed by atoms with Crippen molar-refractivity contribution in [2.24, 2.45) is 0 Å². The molecule has 0 aliphatic heterocycles. The highest BCUT2D eigenvalue weighted by Gasteiger charge is 2.14. The van der Waals surface area contributed by atoms with Crippen molar-refractivity contribution in [3.63, 3.8) is 0 Å². The van der Waals surface area contributed by atoms with Crippen LogP contribution in [0.5, 0.6) is 17.2 Å². The molecule has 0 saturated heterocycles. The number of ether oxygens (including phenoxy) is 2. The molecule has 0 bridgehead atoms. The topological polar surface area (TPSA) is 81.2 Å². The van der Waals surface area contributed by atoms with Crippen molar-refractivity contribution >= 4 is 5.82 Å². The maximum absolute atomic E-state index is 9.73. The van der Waals surface area contributed by atoms with E-state index in [9.17, 15) is 5.26 Å². The molecule has 5 heteroatoms. The number of rotatable bonds is 10. The van der Waals surface area contributed by atoms with Gasteiger partial charge in [0.05, 0.1) is 12.3 Å². The molecule has 4 aromatic rings. The standard InChI is InChI=1S/C30H29N3O2/c1-2-3-4-8-19-34-24-15-11-22(12-16-24)27-20-29(33-30(32)28(27)21-31)23-13-17-26(18-14-23)35-25-9-6-5-7-10-25/h5-7,9-18,20H,2-4,8,19H2,1H3,(H2,32,33). The zero-order chi connectivity index (χ0) is 24.5. The molecule has 0 spiro atoms. The Labute approximate surface area is 206 Å². The van der Waals surface area contributed by atoms with Gasteiger partial charge in [-0.25, -0.2) is 4.98 Å². The largest absolute Gasteiger partial charge is 0.494 e. The van der Waals surface area contributed by atoms with Crippen LogP contribution in [-0.2, 0) is 0 Å². The predicted molar refractivity (Wildman–Crippen MR) is 140 cm³/mol. The van der Waals surface area contributed by atoms with Gasteiger partial charge >= 0.3 is 0 Å². The summed E-state index contributed by atoms with van der Waals surface area (Å²) in [6, 6.07) is 29.2. The first-order valence-corrected chi connectivity index (χ1v) is 11.9. The zero-order valence-electron chi connectivity index (χ0n) is 19.9. The molecule has 0 aliphatic rings. The Kier molecular flexibility index (Phi) is 7.98. The molecule has 4 rings (SSSR count). The highest BCUT2D eigenvalue weighted by molar-refractivity contribution is 5.80. The lowest BCUT2D eigenvalue weighted by atomic mass is 9.98. The highest BCUT2D eigenvalue weighted by atomic mass is 16.5. The Bertz CT molecular complexity index is 1280. The van der Waals surface area contributed by atoms with Crippen LogP contribution in [0.4, 0.5) is 5.82 Å². The lowest BCUT2D eigenvalue weighted by Crippen LogP contribution is -2.00. The van der Waals surface area contributed by atoms with Gasteiger partial charge in [-0.15, -0.1) is 0 Å². The minimum atomic E-state index is 0.209. The first-order valence-electron chi connectivity index (χ1n) is 11.9. The molecule has 0 radical (unpaired) electrons. The lowest BCUT2D eigenvalue weighted by Gasteiger charge is -2.12. The third kappa shape index (κ3) is 6.18. The van der Waals surface area contributed by atoms with Gasteiger partial charge in [0.1, 0.15) is 34.7 Å². The third-order valence-electron chi connectivity index (χ3n) is 5.72. The van der Waals surface area contributed by atoms with Gasteiger partial charge in [-0.2, -0.15) is 5.26 Å². The summed E-state index contributed by atoms with van der Waals surface area (Å²) in [5.41, 5.74) is 9.77. The van der Waals surface area contributed by atoms with Gasteiger partial charge in [0.25, 0.3) is 0 Å². The third-order valence-corrected chi connectivity index (χ3v) is 5.72. The minimum Gasteiger partial charge on any atom is -0.494 e. The second kappa shape index (κ2) is 11.7. The molecule has 0 atom stereocenters. The van der Waals surface area contributed by atoms with Gasteiger partial charge < -0.3 is 15.2 Å². The molecular weight excluding hydrogens is 434 g/mol. The smallest absolute Gasteiger partial charge is 0.142 e. The van der Waals surface area contributed by atoms with Crippen molar-refractivity contribution in [3.8, 4) is 45.7 Å². The van der Waals surface area contributed by atoms with E-state index in [4.69, 9.17) is 15.2 Å². The van der Waals surface area contributed by atoms with Crippen LogP contribution in [0.1, 0.15) is 38.2 Å². The zero-order valence-corrected chi connectivity index (χ0v) is 19.9. The molecule has 0 amide bonds. The summed E-state index contributed by atoms with van der Waals surface area (Å²) < 4.78 is 11.7. The number of nitrogens with zero attached hydrogens (tertiary/aromatic N) is 2. The monoisotopic (exact) mass is 463 g/mol. The molecule has 3 aromatic carbocycles. The molecule has 2 N–H and O–H groups in total. The average Bonchev–Trinajstić information content (AvgIpc) is 2.89. The molecular formula is C30H29N3O2. The van der Waals surface area contributed by atoms with Crippen LogP contribution in [0, 0.1) is 11.3 Å². The Morgan fingerprint density at radius 3 is 2.14 bits per heavy atom.